The van der Waals surface area contributed by atoms with Crippen LogP contribution < -0.4 is 0 Å². The van der Waals surface area contributed by atoms with Gasteiger partial charge in [0.15, 0.2) is 0 Å². The molecule has 0 bridgehead atoms. The van der Waals surface area contributed by atoms with Gasteiger partial charge in [0.25, 0.3) is 5.89 Å². The van der Waals surface area contributed by atoms with Gasteiger partial charge in [0.1, 0.15) is 5.82 Å². The van der Waals surface area contributed by atoms with E-state index in [4.69, 9.17) is 4.52 Å². The van der Waals surface area contributed by atoms with Gasteiger partial charge in [-0.1, -0.05) is 22.9 Å². The Balaban J connectivity index is 2.14. The van der Waals surface area contributed by atoms with Crippen LogP contribution in [-0.2, 0) is 0 Å². The second-order valence-electron chi connectivity index (χ2n) is 5.64. The summed E-state index contributed by atoms with van der Waals surface area (Å²) in [7, 11) is 0. The lowest BCUT2D eigenvalue weighted by atomic mass is 9.97. The highest BCUT2D eigenvalue weighted by Crippen LogP contribution is 2.30. The van der Waals surface area contributed by atoms with E-state index >= 15 is 0 Å². The number of carboxylic acids is 1. The van der Waals surface area contributed by atoms with Crippen molar-refractivity contribution in [3.63, 3.8) is 0 Å². The van der Waals surface area contributed by atoms with Crippen LogP contribution in [0.3, 0.4) is 0 Å². The van der Waals surface area contributed by atoms with Crippen LogP contribution in [0.25, 0.3) is 22.8 Å². The highest BCUT2D eigenvalue weighted by Gasteiger charge is 2.20. The monoisotopic (exact) mass is 326 g/mol. The molecule has 5 nitrogen and oxygen atoms in total. The molecule has 0 unspecified atom stereocenters. The van der Waals surface area contributed by atoms with E-state index < -0.39 is 11.8 Å². The van der Waals surface area contributed by atoms with Gasteiger partial charge in [0.2, 0.25) is 5.82 Å². The number of carbonyl (C=O) groups is 1. The second-order valence-corrected chi connectivity index (χ2v) is 5.64. The number of hydrogen-bond acceptors (Lipinski definition) is 4. The van der Waals surface area contributed by atoms with Gasteiger partial charge in [-0.15, -0.1) is 0 Å². The number of aromatic nitrogens is 2. The molecule has 3 aromatic rings. The van der Waals surface area contributed by atoms with Gasteiger partial charge in [-0.05, 0) is 50.1 Å². The van der Waals surface area contributed by atoms with Gasteiger partial charge < -0.3 is 9.63 Å². The molecule has 1 aromatic heterocycles. The zero-order valence-electron chi connectivity index (χ0n) is 13.4. The van der Waals surface area contributed by atoms with E-state index in [1.165, 1.54) is 12.1 Å². The number of nitrogens with zero attached hydrogens (tertiary/aromatic N) is 2. The Morgan fingerprint density at radius 3 is 2.62 bits per heavy atom. The zero-order chi connectivity index (χ0) is 17.4. The summed E-state index contributed by atoms with van der Waals surface area (Å²) in [5.41, 5.74) is 3.20. The van der Waals surface area contributed by atoms with Crippen LogP contribution in [0.2, 0.25) is 0 Å². The maximum absolute atomic E-state index is 14.0. The number of benzene rings is 2. The molecule has 24 heavy (non-hydrogen) atoms. The number of rotatable bonds is 3. The molecule has 6 heteroatoms. The third kappa shape index (κ3) is 2.67. The fourth-order valence-electron chi connectivity index (χ4n) is 2.66. The highest BCUT2D eigenvalue weighted by molar-refractivity contribution is 5.92. The summed E-state index contributed by atoms with van der Waals surface area (Å²) in [6.07, 6.45) is 0. The van der Waals surface area contributed by atoms with Crippen molar-refractivity contribution in [1.82, 2.24) is 10.1 Å². The standard InChI is InChI=1S/C18H15FN2O3/c1-9-4-7-14(19)13(8-9)17-20-16(21-24-17)15-10(2)5-6-12(11(15)3)18(22)23/h4-8H,1-3H3,(H,22,23). The second kappa shape index (κ2) is 5.88. The minimum atomic E-state index is -1.03. The average Bonchev–Trinajstić information content (AvgIpc) is 2.98. The number of carboxylic acid groups (broad SMARTS) is 1. The Bertz CT molecular complexity index is 947. The third-order valence-electron chi connectivity index (χ3n) is 3.91. The summed E-state index contributed by atoms with van der Waals surface area (Å²) < 4.78 is 19.2. The summed E-state index contributed by atoms with van der Waals surface area (Å²) in [4.78, 5) is 15.6. The Morgan fingerprint density at radius 1 is 1.17 bits per heavy atom. The molecule has 0 amide bonds. The van der Waals surface area contributed by atoms with Crippen molar-refractivity contribution in [2.24, 2.45) is 0 Å². The van der Waals surface area contributed by atoms with Gasteiger partial charge >= 0.3 is 5.97 Å². The predicted molar refractivity (Wildman–Crippen MR) is 86.3 cm³/mol. The molecular formula is C18H15FN2O3. The molecule has 0 aliphatic carbocycles. The summed E-state index contributed by atoms with van der Waals surface area (Å²) >= 11 is 0. The van der Waals surface area contributed by atoms with E-state index in [2.05, 4.69) is 10.1 Å². The van der Waals surface area contributed by atoms with Crippen molar-refractivity contribution in [2.45, 2.75) is 20.8 Å². The number of hydrogen-bond donors (Lipinski definition) is 1. The first-order valence-electron chi connectivity index (χ1n) is 7.32. The molecule has 0 saturated heterocycles. The van der Waals surface area contributed by atoms with Crippen molar-refractivity contribution in [2.75, 3.05) is 0 Å². The molecule has 0 spiro atoms. The van der Waals surface area contributed by atoms with Crippen LogP contribution in [0.4, 0.5) is 4.39 Å². The Morgan fingerprint density at radius 2 is 1.92 bits per heavy atom. The van der Waals surface area contributed by atoms with Crippen molar-refractivity contribution < 1.29 is 18.8 Å². The number of aromatic carboxylic acids is 1. The normalized spacial score (nSPS) is 10.8. The molecule has 2 aromatic carbocycles. The molecule has 0 radical (unpaired) electrons. The van der Waals surface area contributed by atoms with E-state index in [9.17, 15) is 14.3 Å². The summed E-state index contributed by atoms with van der Waals surface area (Å²) in [5.74, 6) is -1.18. The number of aryl methyl sites for hydroxylation is 2. The summed E-state index contributed by atoms with van der Waals surface area (Å²) in [6, 6.07) is 7.85. The number of halogens is 1. The molecule has 0 aliphatic heterocycles. The van der Waals surface area contributed by atoms with E-state index in [1.807, 2.05) is 13.8 Å². The topological polar surface area (TPSA) is 76.2 Å². The van der Waals surface area contributed by atoms with Crippen LogP contribution >= 0.6 is 0 Å². The van der Waals surface area contributed by atoms with E-state index in [0.717, 1.165) is 11.1 Å². The van der Waals surface area contributed by atoms with E-state index in [-0.39, 0.29) is 22.8 Å². The first-order chi connectivity index (χ1) is 11.4. The fourth-order valence-corrected chi connectivity index (χ4v) is 2.66. The molecule has 0 fully saturated rings. The highest BCUT2D eigenvalue weighted by atomic mass is 19.1. The first kappa shape index (κ1) is 15.9. The molecular weight excluding hydrogens is 311 g/mol. The van der Waals surface area contributed by atoms with Crippen molar-refractivity contribution in [1.29, 1.82) is 0 Å². The minimum Gasteiger partial charge on any atom is -0.478 e. The van der Waals surface area contributed by atoms with Gasteiger partial charge in [0, 0.05) is 5.56 Å². The molecule has 1 heterocycles. The van der Waals surface area contributed by atoms with Crippen LogP contribution in [-0.4, -0.2) is 21.2 Å². The maximum Gasteiger partial charge on any atom is 0.335 e. The SMILES string of the molecule is Cc1ccc(F)c(-c2nc(-c3c(C)ccc(C(=O)O)c3C)no2)c1. The van der Waals surface area contributed by atoms with Crippen LogP contribution in [0.5, 0.6) is 0 Å². The Labute approximate surface area is 137 Å². The molecule has 122 valence electrons. The molecule has 0 saturated carbocycles. The van der Waals surface area contributed by atoms with Gasteiger partial charge in [-0.25, -0.2) is 9.18 Å². The smallest absolute Gasteiger partial charge is 0.335 e. The molecule has 1 N–H and O–H groups in total. The summed E-state index contributed by atoms with van der Waals surface area (Å²) in [5, 5.41) is 13.2. The van der Waals surface area contributed by atoms with Crippen LogP contribution in [0.1, 0.15) is 27.0 Å². The zero-order valence-corrected chi connectivity index (χ0v) is 13.4. The van der Waals surface area contributed by atoms with Crippen molar-refractivity contribution >= 4 is 5.97 Å². The van der Waals surface area contributed by atoms with Gasteiger partial charge in [0.05, 0.1) is 11.1 Å². The predicted octanol–water partition coefficient (Wildman–Crippen LogP) is 4.17. The lowest BCUT2D eigenvalue weighted by Crippen LogP contribution is -2.03. The van der Waals surface area contributed by atoms with Crippen molar-refractivity contribution in [3.8, 4) is 22.8 Å². The quantitative estimate of drug-likeness (QED) is 0.782. The van der Waals surface area contributed by atoms with Gasteiger partial charge in [-0.2, -0.15) is 4.98 Å². The van der Waals surface area contributed by atoms with E-state index in [0.29, 0.717) is 11.1 Å². The largest absolute Gasteiger partial charge is 0.478 e. The molecule has 0 aliphatic rings. The van der Waals surface area contributed by atoms with Gasteiger partial charge in [-0.3, -0.25) is 0 Å². The first-order valence-corrected chi connectivity index (χ1v) is 7.32. The average molecular weight is 326 g/mol. The van der Waals surface area contributed by atoms with E-state index in [1.54, 1.807) is 25.1 Å². The lowest BCUT2D eigenvalue weighted by Gasteiger charge is -2.08. The summed E-state index contributed by atoms with van der Waals surface area (Å²) in [6.45, 7) is 5.36. The molecule has 3 rings (SSSR count). The lowest BCUT2D eigenvalue weighted by molar-refractivity contribution is 0.0696. The maximum atomic E-state index is 14.0. The van der Waals surface area contributed by atoms with Crippen LogP contribution in [0, 0.1) is 26.6 Å². The third-order valence-corrected chi connectivity index (χ3v) is 3.91. The van der Waals surface area contributed by atoms with Crippen molar-refractivity contribution in [3.05, 3.63) is 58.4 Å². The minimum absolute atomic E-state index is 0.0609. The fraction of sp³-hybridized carbons (Fsp3) is 0.167. The van der Waals surface area contributed by atoms with Crippen LogP contribution in [0.15, 0.2) is 34.9 Å². The Kier molecular flexibility index (Phi) is 3.89. The molecule has 0 atom stereocenters. The Hall–Kier alpha value is -3.02.